The first-order valence-corrected chi connectivity index (χ1v) is 13.3. The first kappa shape index (κ1) is 24.7. The molecule has 1 amide bonds. The number of carbonyl (C=O) groups is 1. The minimum atomic E-state index is -3.46. The molecule has 2 aromatic rings. The lowest BCUT2D eigenvalue weighted by Gasteiger charge is -2.29. The van der Waals surface area contributed by atoms with Crippen LogP contribution in [-0.4, -0.2) is 76.0 Å². The molecule has 9 heteroatoms. The molecule has 1 unspecified atom stereocenters. The van der Waals surface area contributed by atoms with E-state index in [1.807, 2.05) is 18.9 Å². The number of likely N-dealkylation sites (N-methyl/N-ethyl adjacent to an activating group) is 1. The molecular formula is C25H34N4O4S. The van der Waals surface area contributed by atoms with Crippen molar-refractivity contribution in [2.24, 2.45) is 0 Å². The molecule has 4 rings (SSSR count). The van der Waals surface area contributed by atoms with Crippen LogP contribution < -0.4 is 10.2 Å². The molecule has 0 aromatic heterocycles. The highest BCUT2D eigenvalue weighted by Gasteiger charge is 2.27. The maximum atomic E-state index is 12.8. The lowest BCUT2D eigenvalue weighted by Crippen LogP contribution is -2.39. The van der Waals surface area contributed by atoms with Gasteiger partial charge in [-0.2, -0.15) is 4.31 Å². The minimum absolute atomic E-state index is 0.136. The van der Waals surface area contributed by atoms with Gasteiger partial charge >= 0.3 is 0 Å². The van der Waals surface area contributed by atoms with Crippen molar-refractivity contribution < 1.29 is 17.9 Å². The quantitative estimate of drug-likeness (QED) is 0.618. The largest absolute Gasteiger partial charge is 0.378 e. The van der Waals surface area contributed by atoms with E-state index in [1.54, 1.807) is 24.3 Å². The number of hydrogen-bond donors (Lipinski definition) is 1. The van der Waals surface area contributed by atoms with Gasteiger partial charge in [-0.1, -0.05) is 12.1 Å². The van der Waals surface area contributed by atoms with Crippen molar-refractivity contribution in [2.75, 3.05) is 56.7 Å². The van der Waals surface area contributed by atoms with Gasteiger partial charge in [0.25, 0.3) is 0 Å². The Balaban J connectivity index is 1.31. The summed E-state index contributed by atoms with van der Waals surface area (Å²) in [7, 11) is -1.53. The Hall–Kier alpha value is -2.46. The monoisotopic (exact) mass is 486 g/mol. The van der Waals surface area contributed by atoms with Crippen molar-refractivity contribution in [3.63, 3.8) is 0 Å². The molecule has 0 spiro atoms. The first-order valence-electron chi connectivity index (χ1n) is 11.9. The summed E-state index contributed by atoms with van der Waals surface area (Å²) in [6.45, 7) is 6.97. The van der Waals surface area contributed by atoms with E-state index < -0.39 is 10.0 Å². The van der Waals surface area contributed by atoms with Crippen LogP contribution in [0.4, 0.5) is 11.4 Å². The van der Waals surface area contributed by atoms with E-state index in [0.717, 1.165) is 44.7 Å². The third-order valence-corrected chi connectivity index (χ3v) is 8.52. The number of morpholine rings is 1. The van der Waals surface area contributed by atoms with Crippen molar-refractivity contribution in [3.05, 3.63) is 54.1 Å². The van der Waals surface area contributed by atoms with Crippen molar-refractivity contribution >= 4 is 27.3 Å². The van der Waals surface area contributed by atoms with Gasteiger partial charge < -0.3 is 15.0 Å². The molecule has 1 N–H and O–H groups in total. The Kier molecular flexibility index (Phi) is 7.88. The second-order valence-corrected chi connectivity index (χ2v) is 10.9. The van der Waals surface area contributed by atoms with Crippen LogP contribution in [-0.2, 0) is 26.1 Å². The Bertz CT molecular complexity index is 1060. The van der Waals surface area contributed by atoms with Gasteiger partial charge in [-0.3, -0.25) is 9.69 Å². The van der Waals surface area contributed by atoms with Crippen LogP contribution >= 0.6 is 0 Å². The molecule has 2 aromatic carbocycles. The van der Waals surface area contributed by atoms with Crippen molar-refractivity contribution in [1.29, 1.82) is 0 Å². The fourth-order valence-electron chi connectivity index (χ4n) is 4.29. The Morgan fingerprint density at radius 2 is 1.62 bits per heavy atom. The highest BCUT2D eigenvalue weighted by molar-refractivity contribution is 7.89. The van der Waals surface area contributed by atoms with Crippen LogP contribution in [0.5, 0.6) is 0 Å². The number of nitrogens with one attached hydrogen (secondary N) is 1. The second kappa shape index (κ2) is 10.9. The summed E-state index contributed by atoms with van der Waals surface area (Å²) in [5, 5.41) is 2.90. The average molecular weight is 487 g/mol. The third-order valence-electron chi connectivity index (χ3n) is 6.61. The molecule has 0 aliphatic carbocycles. The van der Waals surface area contributed by atoms with Gasteiger partial charge in [0.2, 0.25) is 15.9 Å². The van der Waals surface area contributed by atoms with Crippen LogP contribution in [0.1, 0.15) is 25.3 Å². The van der Waals surface area contributed by atoms with E-state index >= 15 is 0 Å². The molecule has 2 aliphatic heterocycles. The number of carbonyl (C=O) groups excluding carboxylic acids is 1. The molecular weight excluding hydrogens is 452 g/mol. The molecule has 0 saturated carbocycles. The lowest BCUT2D eigenvalue weighted by atomic mass is 10.1. The van der Waals surface area contributed by atoms with Crippen molar-refractivity contribution in [3.8, 4) is 0 Å². The summed E-state index contributed by atoms with van der Waals surface area (Å²) in [6, 6.07) is 14.5. The summed E-state index contributed by atoms with van der Waals surface area (Å²) >= 11 is 0. The number of anilines is 2. The number of rotatable bonds is 8. The zero-order valence-electron chi connectivity index (χ0n) is 19.9. The summed E-state index contributed by atoms with van der Waals surface area (Å²) in [5.74, 6) is -0.136. The van der Waals surface area contributed by atoms with Gasteiger partial charge in [0.1, 0.15) is 0 Å². The van der Waals surface area contributed by atoms with Crippen LogP contribution in [0.15, 0.2) is 53.4 Å². The molecule has 2 aliphatic rings. The van der Waals surface area contributed by atoms with Gasteiger partial charge in [-0.05, 0) is 68.8 Å². The smallest absolute Gasteiger partial charge is 0.243 e. The maximum Gasteiger partial charge on any atom is 0.243 e. The van der Waals surface area contributed by atoms with Gasteiger partial charge in [0.05, 0.1) is 24.2 Å². The van der Waals surface area contributed by atoms with Gasteiger partial charge in [-0.25, -0.2) is 8.42 Å². The number of hydrogen-bond acceptors (Lipinski definition) is 6. The fraction of sp³-hybridized carbons (Fsp3) is 0.480. The Labute approximate surface area is 202 Å². The summed E-state index contributed by atoms with van der Waals surface area (Å²) in [6.07, 6.45) is 1.80. The Morgan fingerprint density at radius 1 is 1.00 bits per heavy atom. The maximum absolute atomic E-state index is 12.8. The van der Waals surface area contributed by atoms with Crippen LogP contribution in [0, 0.1) is 0 Å². The SMILES string of the molecule is CC(C(=O)Nc1ccc(S(=O)(=O)N2CCCC2)cc1)N(C)Cc1ccc(N2CCOCC2)cc1. The number of sulfonamides is 1. The lowest BCUT2D eigenvalue weighted by molar-refractivity contribution is -0.120. The average Bonchev–Trinajstić information content (AvgIpc) is 3.41. The highest BCUT2D eigenvalue weighted by Crippen LogP contribution is 2.23. The second-order valence-electron chi connectivity index (χ2n) is 8.98. The van der Waals surface area contributed by atoms with Crippen LogP contribution in [0.25, 0.3) is 0 Å². The molecule has 1 atom stereocenters. The van der Waals surface area contributed by atoms with E-state index in [1.165, 1.54) is 9.99 Å². The van der Waals surface area contributed by atoms with Gasteiger partial charge in [0, 0.05) is 44.1 Å². The van der Waals surface area contributed by atoms with E-state index in [9.17, 15) is 13.2 Å². The van der Waals surface area contributed by atoms with Crippen molar-refractivity contribution in [2.45, 2.75) is 37.2 Å². The first-order chi connectivity index (χ1) is 16.3. The predicted octanol–water partition coefficient (Wildman–Crippen LogP) is 2.77. The number of amides is 1. The summed E-state index contributed by atoms with van der Waals surface area (Å²) < 4.78 is 32.3. The molecule has 0 bridgehead atoms. The fourth-order valence-corrected chi connectivity index (χ4v) is 5.81. The van der Waals surface area contributed by atoms with E-state index in [0.29, 0.717) is 25.3 Å². The third kappa shape index (κ3) is 5.78. The number of nitrogens with zero attached hydrogens (tertiary/aromatic N) is 3. The molecule has 0 radical (unpaired) electrons. The normalized spacial score (nSPS) is 18.3. The van der Waals surface area contributed by atoms with Gasteiger partial charge in [-0.15, -0.1) is 0 Å². The Morgan fingerprint density at radius 3 is 2.24 bits per heavy atom. The van der Waals surface area contributed by atoms with Gasteiger partial charge in [0.15, 0.2) is 0 Å². The zero-order valence-corrected chi connectivity index (χ0v) is 20.8. The van der Waals surface area contributed by atoms with E-state index in [-0.39, 0.29) is 16.8 Å². The summed E-state index contributed by atoms with van der Waals surface area (Å²) in [5.41, 5.74) is 2.91. The predicted molar refractivity (Wildman–Crippen MR) is 133 cm³/mol. The molecule has 2 saturated heterocycles. The molecule has 2 heterocycles. The highest BCUT2D eigenvalue weighted by atomic mass is 32.2. The molecule has 2 fully saturated rings. The standard InChI is InChI=1S/C25H34N4O4S/c1-20(27(2)19-21-5-9-23(10-6-21)28-15-17-33-18-16-28)25(30)26-22-7-11-24(12-8-22)34(31,32)29-13-3-4-14-29/h5-12,20H,3-4,13-19H2,1-2H3,(H,26,30). The van der Waals surface area contributed by atoms with Crippen LogP contribution in [0.3, 0.4) is 0 Å². The topological polar surface area (TPSA) is 82.2 Å². The molecule has 34 heavy (non-hydrogen) atoms. The number of ether oxygens (including phenoxy) is 1. The number of benzene rings is 2. The van der Waals surface area contributed by atoms with E-state index in [4.69, 9.17) is 4.74 Å². The van der Waals surface area contributed by atoms with Crippen LogP contribution in [0.2, 0.25) is 0 Å². The zero-order chi connectivity index (χ0) is 24.1. The molecule has 184 valence electrons. The molecule has 8 nitrogen and oxygen atoms in total. The van der Waals surface area contributed by atoms with Crippen molar-refractivity contribution in [1.82, 2.24) is 9.21 Å². The minimum Gasteiger partial charge on any atom is -0.378 e. The summed E-state index contributed by atoms with van der Waals surface area (Å²) in [4.78, 5) is 17.4. The van der Waals surface area contributed by atoms with E-state index in [2.05, 4.69) is 34.5 Å².